The van der Waals surface area contributed by atoms with E-state index in [-0.39, 0.29) is 12.0 Å². The summed E-state index contributed by atoms with van der Waals surface area (Å²) in [5, 5.41) is 3.44. The van der Waals surface area contributed by atoms with Gasteiger partial charge in [0.1, 0.15) is 11.6 Å². The van der Waals surface area contributed by atoms with Crippen molar-refractivity contribution in [3.05, 3.63) is 35.9 Å². The second-order valence-corrected chi connectivity index (χ2v) is 5.83. The van der Waals surface area contributed by atoms with Gasteiger partial charge in [0.25, 0.3) is 0 Å². The third-order valence-electron chi connectivity index (χ3n) is 4.15. The van der Waals surface area contributed by atoms with Crippen molar-refractivity contribution in [1.82, 2.24) is 5.32 Å². The number of primary amides is 1. The van der Waals surface area contributed by atoms with Crippen molar-refractivity contribution in [2.24, 2.45) is 5.73 Å². The van der Waals surface area contributed by atoms with Crippen LogP contribution < -0.4 is 11.1 Å². The summed E-state index contributed by atoms with van der Waals surface area (Å²) in [4.78, 5) is 12.2. The van der Waals surface area contributed by atoms with Crippen LogP contribution in [0.15, 0.2) is 30.3 Å². The monoisotopic (exact) mass is 290 g/mol. The average molecular weight is 290 g/mol. The van der Waals surface area contributed by atoms with Gasteiger partial charge in [-0.3, -0.25) is 10.1 Å². The summed E-state index contributed by atoms with van der Waals surface area (Å²) in [6.45, 7) is 1.78. The third kappa shape index (κ3) is 3.26. The lowest BCUT2D eigenvalue weighted by atomic mass is 9.85. The maximum atomic E-state index is 12.2. The summed E-state index contributed by atoms with van der Waals surface area (Å²) in [5.41, 5.74) is 5.84. The lowest BCUT2D eigenvalue weighted by Gasteiger charge is -2.34. The van der Waals surface area contributed by atoms with Crippen LogP contribution in [0.3, 0.4) is 0 Å². The van der Waals surface area contributed by atoms with E-state index in [1.54, 1.807) is 0 Å². The van der Waals surface area contributed by atoms with Gasteiger partial charge in [-0.15, -0.1) is 0 Å². The summed E-state index contributed by atoms with van der Waals surface area (Å²) in [5.74, 6) is -0.339. The van der Waals surface area contributed by atoms with Crippen LogP contribution in [0, 0.1) is 0 Å². The number of rotatable bonds is 8. The van der Waals surface area contributed by atoms with Gasteiger partial charge in [0.2, 0.25) is 5.91 Å². The van der Waals surface area contributed by atoms with E-state index in [1.165, 1.54) is 0 Å². The Morgan fingerprint density at radius 2 is 2.05 bits per heavy atom. The Hall–Kier alpha value is -1.43. The first-order valence-corrected chi connectivity index (χ1v) is 7.53. The first kappa shape index (κ1) is 14.5. The SMILES string of the molecule is NC(=O)C(CCOC1COC1)(NC1CC1)c1ccccc1. The molecule has 3 N–H and O–H groups in total. The van der Waals surface area contributed by atoms with Gasteiger partial charge in [0, 0.05) is 19.1 Å². The fourth-order valence-electron chi connectivity index (χ4n) is 2.62. The predicted molar refractivity (Wildman–Crippen MR) is 78.6 cm³/mol. The molecule has 2 aliphatic rings. The third-order valence-corrected chi connectivity index (χ3v) is 4.15. The van der Waals surface area contributed by atoms with Crippen LogP contribution in [0.4, 0.5) is 0 Å². The van der Waals surface area contributed by atoms with Gasteiger partial charge in [-0.25, -0.2) is 0 Å². The van der Waals surface area contributed by atoms with Crippen LogP contribution in [-0.4, -0.2) is 37.9 Å². The highest BCUT2D eigenvalue weighted by molar-refractivity contribution is 5.86. The minimum absolute atomic E-state index is 0.160. The summed E-state index contributed by atoms with van der Waals surface area (Å²) in [6, 6.07) is 10.1. The molecular weight excluding hydrogens is 268 g/mol. The number of carbonyl (C=O) groups excluding carboxylic acids is 1. The number of carbonyl (C=O) groups is 1. The van der Waals surface area contributed by atoms with Gasteiger partial charge >= 0.3 is 0 Å². The molecule has 3 rings (SSSR count). The smallest absolute Gasteiger partial charge is 0.242 e. The van der Waals surface area contributed by atoms with Gasteiger partial charge in [-0.2, -0.15) is 0 Å². The summed E-state index contributed by atoms with van der Waals surface area (Å²) in [6.07, 6.45) is 2.89. The molecule has 0 spiro atoms. The van der Waals surface area contributed by atoms with Crippen molar-refractivity contribution in [3.63, 3.8) is 0 Å². The predicted octanol–water partition coefficient (Wildman–Crippen LogP) is 0.925. The topological polar surface area (TPSA) is 73.6 Å². The van der Waals surface area contributed by atoms with Crippen molar-refractivity contribution in [2.45, 2.75) is 36.9 Å². The fraction of sp³-hybridized carbons (Fsp3) is 0.562. The molecule has 2 fully saturated rings. The molecule has 0 radical (unpaired) electrons. The van der Waals surface area contributed by atoms with Crippen LogP contribution in [0.2, 0.25) is 0 Å². The fourth-order valence-corrected chi connectivity index (χ4v) is 2.62. The second-order valence-electron chi connectivity index (χ2n) is 5.83. The van der Waals surface area contributed by atoms with Crippen molar-refractivity contribution in [2.75, 3.05) is 19.8 Å². The molecule has 1 unspecified atom stereocenters. The number of ether oxygens (including phenoxy) is 2. The van der Waals surface area contributed by atoms with Crippen LogP contribution in [0.25, 0.3) is 0 Å². The van der Waals surface area contributed by atoms with Crippen LogP contribution in [-0.2, 0) is 19.8 Å². The van der Waals surface area contributed by atoms with Crippen LogP contribution >= 0.6 is 0 Å². The van der Waals surface area contributed by atoms with E-state index < -0.39 is 5.54 Å². The lowest BCUT2D eigenvalue weighted by Crippen LogP contribution is -2.54. The minimum Gasteiger partial charge on any atom is -0.376 e. The van der Waals surface area contributed by atoms with E-state index in [2.05, 4.69) is 5.32 Å². The molecule has 0 aromatic heterocycles. The Labute approximate surface area is 124 Å². The van der Waals surface area contributed by atoms with Crippen molar-refractivity contribution in [1.29, 1.82) is 0 Å². The molecule has 1 aromatic rings. The van der Waals surface area contributed by atoms with E-state index in [9.17, 15) is 4.79 Å². The first-order valence-electron chi connectivity index (χ1n) is 7.53. The zero-order valence-corrected chi connectivity index (χ0v) is 12.1. The molecule has 1 aromatic carbocycles. The Balaban J connectivity index is 1.75. The molecule has 1 aliphatic carbocycles. The number of hydrogen-bond acceptors (Lipinski definition) is 4. The van der Waals surface area contributed by atoms with Crippen molar-refractivity contribution >= 4 is 5.91 Å². The van der Waals surface area contributed by atoms with Gasteiger partial charge < -0.3 is 15.2 Å². The summed E-state index contributed by atoms with van der Waals surface area (Å²) in [7, 11) is 0. The van der Waals surface area contributed by atoms with Crippen LogP contribution in [0.1, 0.15) is 24.8 Å². The molecule has 5 heteroatoms. The van der Waals surface area contributed by atoms with Gasteiger partial charge in [0.05, 0.1) is 13.2 Å². The molecule has 114 valence electrons. The standard InChI is InChI=1S/C16H22N2O3/c17-15(19)16(18-13-6-7-13,12-4-2-1-3-5-12)8-9-21-14-10-20-11-14/h1-5,13-14,18H,6-11H2,(H2,17,19). The van der Waals surface area contributed by atoms with Gasteiger partial charge in [0.15, 0.2) is 0 Å². The minimum atomic E-state index is -0.840. The highest BCUT2D eigenvalue weighted by Gasteiger charge is 2.42. The molecule has 1 amide bonds. The van der Waals surface area contributed by atoms with E-state index >= 15 is 0 Å². The molecule has 1 saturated carbocycles. The Bertz CT molecular complexity index is 486. The Kier molecular flexibility index (Phi) is 4.24. The highest BCUT2D eigenvalue weighted by Crippen LogP contribution is 2.31. The zero-order chi connectivity index (χ0) is 14.7. The van der Waals surface area contributed by atoms with E-state index in [0.717, 1.165) is 18.4 Å². The zero-order valence-electron chi connectivity index (χ0n) is 12.1. The largest absolute Gasteiger partial charge is 0.376 e. The lowest BCUT2D eigenvalue weighted by molar-refractivity contribution is -0.138. The molecule has 21 heavy (non-hydrogen) atoms. The van der Waals surface area contributed by atoms with E-state index in [4.69, 9.17) is 15.2 Å². The number of nitrogens with one attached hydrogen (secondary N) is 1. The quantitative estimate of drug-likeness (QED) is 0.747. The maximum absolute atomic E-state index is 12.2. The van der Waals surface area contributed by atoms with Crippen LogP contribution in [0.5, 0.6) is 0 Å². The molecule has 5 nitrogen and oxygen atoms in total. The van der Waals surface area contributed by atoms with Crippen molar-refractivity contribution in [3.8, 4) is 0 Å². The maximum Gasteiger partial charge on any atom is 0.242 e. The Morgan fingerprint density at radius 1 is 1.33 bits per heavy atom. The average Bonchev–Trinajstić information content (AvgIpc) is 3.25. The van der Waals surface area contributed by atoms with E-state index in [0.29, 0.717) is 32.3 Å². The van der Waals surface area contributed by atoms with E-state index in [1.807, 2.05) is 30.3 Å². The number of hydrogen-bond donors (Lipinski definition) is 2. The first-order chi connectivity index (χ1) is 10.2. The second kappa shape index (κ2) is 6.13. The van der Waals surface area contributed by atoms with Crippen molar-refractivity contribution < 1.29 is 14.3 Å². The normalized spacial score (nSPS) is 21.5. The number of nitrogens with two attached hydrogens (primary N) is 1. The molecule has 0 bridgehead atoms. The number of benzene rings is 1. The molecule has 1 saturated heterocycles. The molecule has 1 aliphatic heterocycles. The van der Waals surface area contributed by atoms with Gasteiger partial charge in [-0.05, 0) is 18.4 Å². The van der Waals surface area contributed by atoms with Gasteiger partial charge in [-0.1, -0.05) is 30.3 Å². The summed E-state index contributed by atoms with van der Waals surface area (Å²) >= 11 is 0. The summed E-state index contributed by atoms with van der Waals surface area (Å²) < 4.78 is 10.8. The molecule has 1 heterocycles. The molecular formula is C16H22N2O3. The molecule has 1 atom stereocenters. The highest BCUT2D eigenvalue weighted by atomic mass is 16.6. The number of amides is 1. The Morgan fingerprint density at radius 3 is 2.57 bits per heavy atom.